The summed E-state index contributed by atoms with van der Waals surface area (Å²) in [6.45, 7) is 2.35. The lowest BCUT2D eigenvalue weighted by molar-refractivity contribution is 0.144. The van der Waals surface area contributed by atoms with E-state index in [0.29, 0.717) is 17.9 Å². The number of halogens is 1. The van der Waals surface area contributed by atoms with Gasteiger partial charge in [-0.2, -0.15) is 12.6 Å². The minimum atomic E-state index is -0.231. The van der Waals surface area contributed by atoms with Crippen LogP contribution in [-0.2, 0) is 0 Å². The first-order valence-corrected chi connectivity index (χ1v) is 7.79. The summed E-state index contributed by atoms with van der Waals surface area (Å²) < 4.78 is 19.7. The van der Waals surface area contributed by atoms with Crippen LogP contribution in [0.3, 0.4) is 0 Å². The Bertz CT molecular complexity index is 411. The topological polar surface area (TPSA) is 9.23 Å². The van der Waals surface area contributed by atoms with Crippen molar-refractivity contribution in [2.45, 2.75) is 45.4 Å². The van der Waals surface area contributed by atoms with Crippen molar-refractivity contribution in [3.63, 3.8) is 0 Å². The summed E-state index contributed by atoms with van der Waals surface area (Å²) in [7, 11) is 0. The van der Waals surface area contributed by atoms with Gasteiger partial charge in [-0.3, -0.25) is 0 Å². The Labute approximate surface area is 121 Å². The molecule has 1 aliphatic rings. The summed E-state index contributed by atoms with van der Waals surface area (Å²) in [4.78, 5) is 0. The third kappa shape index (κ3) is 3.65. The van der Waals surface area contributed by atoms with Gasteiger partial charge in [0.05, 0.1) is 6.61 Å². The van der Waals surface area contributed by atoms with Crippen molar-refractivity contribution < 1.29 is 9.13 Å². The van der Waals surface area contributed by atoms with Crippen LogP contribution in [0.5, 0.6) is 5.75 Å². The van der Waals surface area contributed by atoms with E-state index in [4.69, 9.17) is 4.74 Å². The number of ether oxygens (including phenoxy) is 1. The van der Waals surface area contributed by atoms with Gasteiger partial charge in [0.15, 0.2) is 11.6 Å². The summed E-state index contributed by atoms with van der Waals surface area (Å²) in [5.41, 5.74) is 0.758. The zero-order chi connectivity index (χ0) is 13.7. The highest BCUT2D eigenvalue weighted by molar-refractivity contribution is 7.80. The molecular formula is C16H23FOS. The Balaban J connectivity index is 2.04. The van der Waals surface area contributed by atoms with E-state index in [0.717, 1.165) is 18.6 Å². The standard InChI is InChI=1S/C16H23FOS/c1-13-7-6-8-14(15(13)17)18-11-16(12-19)9-4-2-3-5-10-16/h6-8,19H,2-5,9-12H2,1H3. The number of thiol groups is 1. The van der Waals surface area contributed by atoms with Crippen molar-refractivity contribution in [2.75, 3.05) is 12.4 Å². The van der Waals surface area contributed by atoms with E-state index >= 15 is 0 Å². The number of rotatable bonds is 4. The lowest BCUT2D eigenvalue weighted by Crippen LogP contribution is -2.30. The summed E-state index contributed by atoms with van der Waals surface area (Å²) in [6.07, 6.45) is 7.36. The van der Waals surface area contributed by atoms with Gasteiger partial charge in [0.25, 0.3) is 0 Å². The van der Waals surface area contributed by atoms with E-state index < -0.39 is 0 Å². The molecule has 1 aromatic carbocycles. The van der Waals surface area contributed by atoms with Crippen LogP contribution in [0.1, 0.15) is 44.1 Å². The van der Waals surface area contributed by atoms with E-state index in [1.165, 1.54) is 25.7 Å². The highest BCUT2D eigenvalue weighted by atomic mass is 32.1. The molecule has 0 unspecified atom stereocenters. The molecule has 0 atom stereocenters. The molecule has 0 amide bonds. The first kappa shape index (κ1) is 14.7. The first-order chi connectivity index (χ1) is 9.17. The van der Waals surface area contributed by atoms with Crippen LogP contribution in [0.15, 0.2) is 18.2 Å². The van der Waals surface area contributed by atoms with Gasteiger partial charge in [0, 0.05) is 5.41 Å². The van der Waals surface area contributed by atoms with Gasteiger partial charge in [-0.05, 0) is 37.1 Å². The van der Waals surface area contributed by atoms with Crippen LogP contribution in [0.4, 0.5) is 4.39 Å². The van der Waals surface area contributed by atoms with Gasteiger partial charge in [0.2, 0.25) is 0 Å². The molecule has 0 bridgehead atoms. The quantitative estimate of drug-likeness (QED) is 0.617. The molecule has 1 aromatic rings. The van der Waals surface area contributed by atoms with Crippen LogP contribution in [0.25, 0.3) is 0 Å². The maximum Gasteiger partial charge on any atom is 0.167 e. The molecule has 1 aliphatic carbocycles. The number of aryl methyl sites for hydroxylation is 1. The molecule has 1 fully saturated rings. The van der Waals surface area contributed by atoms with Gasteiger partial charge >= 0.3 is 0 Å². The predicted molar refractivity (Wildman–Crippen MR) is 80.6 cm³/mol. The predicted octanol–water partition coefficient (Wildman–Crippen LogP) is 4.78. The Morgan fingerprint density at radius 3 is 2.53 bits per heavy atom. The lowest BCUT2D eigenvalue weighted by Gasteiger charge is -2.31. The largest absolute Gasteiger partial charge is 0.490 e. The van der Waals surface area contributed by atoms with Gasteiger partial charge < -0.3 is 4.74 Å². The number of benzene rings is 1. The Morgan fingerprint density at radius 1 is 1.21 bits per heavy atom. The van der Waals surface area contributed by atoms with Crippen molar-refractivity contribution in [1.82, 2.24) is 0 Å². The number of hydrogen-bond acceptors (Lipinski definition) is 2. The average molecular weight is 282 g/mol. The summed E-state index contributed by atoms with van der Waals surface area (Å²) in [6, 6.07) is 5.32. The second-order valence-electron chi connectivity index (χ2n) is 5.75. The molecule has 0 saturated heterocycles. The molecule has 1 nitrogen and oxygen atoms in total. The summed E-state index contributed by atoms with van der Waals surface area (Å²) in [5, 5.41) is 0. The van der Waals surface area contributed by atoms with Crippen LogP contribution in [-0.4, -0.2) is 12.4 Å². The first-order valence-electron chi connectivity index (χ1n) is 7.16. The molecule has 0 aromatic heterocycles. The second-order valence-corrected chi connectivity index (χ2v) is 6.06. The zero-order valence-corrected chi connectivity index (χ0v) is 12.5. The maximum atomic E-state index is 13.9. The van der Waals surface area contributed by atoms with E-state index in [9.17, 15) is 4.39 Å². The van der Waals surface area contributed by atoms with Gasteiger partial charge in [-0.1, -0.05) is 37.8 Å². The molecule has 0 spiro atoms. The summed E-state index contributed by atoms with van der Waals surface area (Å²) in [5.74, 6) is 0.969. The zero-order valence-electron chi connectivity index (χ0n) is 11.6. The third-order valence-corrected chi connectivity index (χ3v) is 4.86. The Morgan fingerprint density at radius 2 is 1.89 bits per heavy atom. The van der Waals surface area contributed by atoms with Crippen LogP contribution in [0, 0.1) is 18.2 Å². The van der Waals surface area contributed by atoms with Crippen molar-refractivity contribution in [2.24, 2.45) is 5.41 Å². The smallest absolute Gasteiger partial charge is 0.167 e. The van der Waals surface area contributed by atoms with Crippen molar-refractivity contribution in [3.05, 3.63) is 29.6 Å². The van der Waals surface area contributed by atoms with Gasteiger partial charge in [-0.15, -0.1) is 0 Å². The van der Waals surface area contributed by atoms with E-state index in [-0.39, 0.29) is 11.2 Å². The average Bonchev–Trinajstić information content (AvgIpc) is 2.67. The minimum absolute atomic E-state index is 0.121. The normalized spacial score (nSPS) is 18.9. The molecule has 106 valence electrons. The van der Waals surface area contributed by atoms with E-state index in [1.807, 2.05) is 6.07 Å². The molecule has 0 radical (unpaired) electrons. The minimum Gasteiger partial charge on any atom is -0.490 e. The fourth-order valence-electron chi connectivity index (χ4n) is 2.79. The fourth-order valence-corrected chi connectivity index (χ4v) is 3.20. The van der Waals surface area contributed by atoms with Crippen LogP contribution >= 0.6 is 12.6 Å². The van der Waals surface area contributed by atoms with Gasteiger partial charge in [0.1, 0.15) is 0 Å². The molecular weight excluding hydrogens is 259 g/mol. The second kappa shape index (κ2) is 6.65. The monoisotopic (exact) mass is 282 g/mol. The van der Waals surface area contributed by atoms with E-state index in [1.54, 1.807) is 19.1 Å². The van der Waals surface area contributed by atoms with Gasteiger partial charge in [-0.25, -0.2) is 4.39 Å². The third-order valence-electron chi connectivity index (χ3n) is 4.19. The highest BCUT2D eigenvalue weighted by Gasteiger charge is 2.30. The van der Waals surface area contributed by atoms with Crippen molar-refractivity contribution in [3.8, 4) is 5.75 Å². The molecule has 0 N–H and O–H groups in total. The van der Waals surface area contributed by atoms with Crippen molar-refractivity contribution in [1.29, 1.82) is 0 Å². The van der Waals surface area contributed by atoms with Crippen LogP contribution < -0.4 is 4.74 Å². The number of hydrogen-bond donors (Lipinski definition) is 1. The Kier molecular flexibility index (Phi) is 5.14. The molecule has 0 heterocycles. The molecule has 3 heteroatoms. The molecule has 0 aliphatic heterocycles. The molecule has 2 rings (SSSR count). The van der Waals surface area contributed by atoms with Crippen molar-refractivity contribution >= 4 is 12.6 Å². The SMILES string of the molecule is Cc1cccc(OCC2(CS)CCCCCC2)c1F. The van der Waals surface area contributed by atoms with Crippen LogP contribution in [0.2, 0.25) is 0 Å². The maximum absolute atomic E-state index is 13.9. The lowest BCUT2D eigenvalue weighted by atomic mass is 9.83. The molecule has 19 heavy (non-hydrogen) atoms. The fraction of sp³-hybridized carbons (Fsp3) is 0.625. The molecule has 1 saturated carbocycles. The Hall–Kier alpha value is -0.700. The summed E-state index contributed by atoms with van der Waals surface area (Å²) >= 11 is 4.52. The van der Waals surface area contributed by atoms with E-state index in [2.05, 4.69) is 12.6 Å². The highest BCUT2D eigenvalue weighted by Crippen LogP contribution is 2.37.